The smallest absolute Gasteiger partial charge is 0.293 e. The van der Waals surface area contributed by atoms with Crippen molar-refractivity contribution in [3.8, 4) is 11.3 Å². The number of nitrogen functional groups attached to an aromatic ring is 1. The van der Waals surface area contributed by atoms with Gasteiger partial charge in [0.05, 0.1) is 28.3 Å². The van der Waals surface area contributed by atoms with E-state index in [1.807, 2.05) is 30.3 Å². The minimum absolute atomic E-state index is 0.179. The SMILES string of the molecule is Nc1ccc(-c2n[nH]c3c2CN(C(=O)c2onc4ccccc24)CC3)cc1Cl. The fraction of sp³-hybridized carbons (Fsp3) is 0.150. The minimum Gasteiger partial charge on any atom is -0.398 e. The lowest BCUT2D eigenvalue weighted by Crippen LogP contribution is -2.35. The molecule has 2 aromatic heterocycles. The van der Waals surface area contributed by atoms with Crippen molar-refractivity contribution in [3.63, 3.8) is 0 Å². The second-order valence-corrected chi connectivity index (χ2v) is 7.18. The van der Waals surface area contributed by atoms with Crippen LogP contribution in [0, 0.1) is 0 Å². The predicted molar refractivity (Wildman–Crippen MR) is 106 cm³/mol. The number of carbonyl (C=O) groups is 1. The van der Waals surface area contributed by atoms with Crippen molar-refractivity contribution in [2.24, 2.45) is 0 Å². The van der Waals surface area contributed by atoms with Crippen LogP contribution in [-0.2, 0) is 13.0 Å². The molecule has 0 radical (unpaired) electrons. The molecule has 3 N–H and O–H groups in total. The molecule has 1 amide bonds. The first-order valence-corrected chi connectivity index (χ1v) is 9.25. The van der Waals surface area contributed by atoms with E-state index in [2.05, 4.69) is 15.4 Å². The van der Waals surface area contributed by atoms with Crippen molar-refractivity contribution >= 4 is 34.1 Å². The first kappa shape index (κ1) is 16.8. The Hall–Kier alpha value is -3.32. The fourth-order valence-electron chi connectivity index (χ4n) is 3.57. The highest BCUT2D eigenvalue weighted by Gasteiger charge is 2.29. The van der Waals surface area contributed by atoms with Crippen LogP contribution in [-0.4, -0.2) is 32.7 Å². The van der Waals surface area contributed by atoms with E-state index in [1.165, 1.54) is 0 Å². The average molecular weight is 394 g/mol. The molecule has 0 saturated carbocycles. The summed E-state index contributed by atoms with van der Waals surface area (Å²) in [5.74, 6) is 0.0847. The summed E-state index contributed by atoms with van der Waals surface area (Å²) < 4.78 is 5.35. The van der Waals surface area contributed by atoms with Crippen LogP contribution in [0.25, 0.3) is 22.2 Å². The van der Waals surface area contributed by atoms with Crippen molar-refractivity contribution in [2.45, 2.75) is 13.0 Å². The van der Waals surface area contributed by atoms with Crippen LogP contribution in [0.2, 0.25) is 5.02 Å². The maximum atomic E-state index is 13.1. The topological polar surface area (TPSA) is 101 Å². The largest absolute Gasteiger partial charge is 0.398 e. The Bertz CT molecular complexity index is 1210. The molecule has 5 rings (SSSR count). The van der Waals surface area contributed by atoms with Gasteiger partial charge < -0.3 is 15.2 Å². The normalized spacial score (nSPS) is 13.7. The van der Waals surface area contributed by atoms with Gasteiger partial charge >= 0.3 is 0 Å². The monoisotopic (exact) mass is 393 g/mol. The van der Waals surface area contributed by atoms with Gasteiger partial charge in [-0.2, -0.15) is 5.10 Å². The van der Waals surface area contributed by atoms with Gasteiger partial charge in [0.25, 0.3) is 5.91 Å². The summed E-state index contributed by atoms with van der Waals surface area (Å²) >= 11 is 6.17. The number of halogens is 1. The van der Waals surface area contributed by atoms with Crippen molar-refractivity contribution in [2.75, 3.05) is 12.3 Å². The van der Waals surface area contributed by atoms with Crippen LogP contribution < -0.4 is 5.73 Å². The van der Waals surface area contributed by atoms with Gasteiger partial charge in [-0.15, -0.1) is 0 Å². The Balaban J connectivity index is 1.49. The number of benzene rings is 2. The van der Waals surface area contributed by atoms with Crippen molar-refractivity contribution in [3.05, 3.63) is 64.5 Å². The molecule has 0 aliphatic carbocycles. The second-order valence-electron chi connectivity index (χ2n) is 6.77. The molecule has 1 aliphatic heterocycles. The van der Waals surface area contributed by atoms with Crippen LogP contribution in [0.15, 0.2) is 47.0 Å². The number of nitrogens with zero attached hydrogens (tertiary/aromatic N) is 3. The molecule has 0 atom stereocenters. The molecule has 0 bridgehead atoms. The fourth-order valence-corrected chi connectivity index (χ4v) is 3.75. The Morgan fingerprint density at radius 1 is 1.25 bits per heavy atom. The number of aromatic nitrogens is 3. The molecule has 8 heteroatoms. The number of anilines is 1. The van der Waals surface area contributed by atoms with E-state index in [9.17, 15) is 4.79 Å². The molecular formula is C20H16ClN5O2. The summed E-state index contributed by atoms with van der Waals surface area (Å²) in [7, 11) is 0. The molecule has 1 aliphatic rings. The number of hydrogen-bond acceptors (Lipinski definition) is 5. The first-order chi connectivity index (χ1) is 13.6. The zero-order valence-corrected chi connectivity index (χ0v) is 15.5. The third kappa shape index (κ3) is 2.63. The maximum absolute atomic E-state index is 13.1. The van der Waals surface area contributed by atoms with E-state index in [4.69, 9.17) is 21.9 Å². The highest BCUT2D eigenvalue weighted by atomic mass is 35.5. The van der Waals surface area contributed by atoms with Crippen LogP contribution in [0.5, 0.6) is 0 Å². The zero-order chi connectivity index (χ0) is 19.3. The third-order valence-electron chi connectivity index (χ3n) is 5.07. The van der Waals surface area contributed by atoms with Gasteiger partial charge in [0.15, 0.2) is 0 Å². The molecule has 0 fully saturated rings. The molecule has 7 nitrogen and oxygen atoms in total. The Kier molecular flexibility index (Phi) is 3.84. The third-order valence-corrected chi connectivity index (χ3v) is 5.40. The number of fused-ring (bicyclic) bond motifs is 2. The summed E-state index contributed by atoms with van der Waals surface area (Å²) in [6.07, 6.45) is 0.683. The molecule has 2 aromatic carbocycles. The number of H-pyrrole nitrogens is 1. The molecule has 4 aromatic rings. The number of amides is 1. The predicted octanol–water partition coefficient (Wildman–Crippen LogP) is 3.65. The highest BCUT2D eigenvalue weighted by Crippen LogP contribution is 2.32. The molecular weight excluding hydrogens is 378 g/mol. The van der Waals surface area contributed by atoms with Gasteiger partial charge in [-0.3, -0.25) is 9.89 Å². The van der Waals surface area contributed by atoms with Gasteiger partial charge in [-0.05, 0) is 24.3 Å². The van der Waals surface area contributed by atoms with Gasteiger partial charge in [-0.25, -0.2) is 0 Å². The molecule has 0 spiro atoms. The summed E-state index contributed by atoms with van der Waals surface area (Å²) in [4.78, 5) is 14.8. The van der Waals surface area contributed by atoms with E-state index in [0.717, 1.165) is 27.9 Å². The Labute approximate surface area is 165 Å². The van der Waals surface area contributed by atoms with Gasteiger partial charge in [-0.1, -0.05) is 35.0 Å². The summed E-state index contributed by atoms with van der Waals surface area (Å²) in [5.41, 5.74) is 10.6. The molecule has 0 saturated heterocycles. The maximum Gasteiger partial charge on any atom is 0.293 e. The summed E-state index contributed by atoms with van der Waals surface area (Å²) in [5, 5.41) is 12.7. The van der Waals surface area contributed by atoms with Crippen LogP contribution in [0.4, 0.5) is 5.69 Å². The van der Waals surface area contributed by atoms with E-state index in [-0.39, 0.29) is 11.7 Å². The van der Waals surface area contributed by atoms with Gasteiger partial charge in [0.1, 0.15) is 5.52 Å². The Morgan fingerprint density at radius 3 is 2.96 bits per heavy atom. The standard InChI is InChI=1S/C20H16ClN5O2/c21-14-9-11(5-6-15(14)22)18-13-10-26(8-7-16(13)23-24-18)20(27)19-12-3-1-2-4-17(12)25-28-19/h1-6,9H,7-8,10,22H2,(H,23,24). The van der Waals surface area contributed by atoms with Crippen LogP contribution in [0.1, 0.15) is 21.8 Å². The number of rotatable bonds is 2. The quantitative estimate of drug-likeness (QED) is 0.506. The highest BCUT2D eigenvalue weighted by molar-refractivity contribution is 6.33. The van der Waals surface area contributed by atoms with E-state index in [0.29, 0.717) is 35.7 Å². The lowest BCUT2D eigenvalue weighted by molar-refractivity contribution is 0.0695. The average Bonchev–Trinajstić information content (AvgIpc) is 3.33. The summed E-state index contributed by atoms with van der Waals surface area (Å²) in [6, 6.07) is 12.8. The van der Waals surface area contributed by atoms with Crippen LogP contribution in [0.3, 0.4) is 0 Å². The molecule has 3 heterocycles. The van der Waals surface area contributed by atoms with Crippen LogP contribution >= 0.6 is 11.6 Å². The molecule has 0 unspecified atom stereocenters. The van der Waals surface area contributed by atoms with Gasteiger partial charge in [0.2, 0.25) is 5.76 Å². The van der Waals surface area contributed by atoms with E-state index in [1.54, 1.807) is 17.0 Å². The van der Waals surface area contributed by atoms with E-state index >= 15 is 0 Å². The van der Waals surface area contributed by atoms with Gasteiger partial charge in [0, 0.05) is 29.8 Å². The molecule has 28 heavy (non-hydrogen) atoms. The zero-order valence-electron chi connectivity index (χ0n) is 14.8. The summed E-state index contributed by atoms with van der Waals surface area (Å²) in [6.45, 7) is 1.00. The first-order valence-electron chi connectivity index (χ1n) is 8.87. The lowest BCUT2D eigenvalue weighted by atomic mass is 10.0. The Morgan fingerprint density at radius 2 is 2.11 bits per heavy atom. The van der Waals surface area contributed by atoms with Crippen molar-refractivity contribution < 1.29 is 9.32 Å². The second kappa shape index (κ2) is 6.38. The molecule has 140 valence electrons. The number of hydrogen-bond donors (Lipinski definition) is 2. The lowest BCUT2D eigenvalue weighted by Gasteiger charge is -2.26. The van der Waals surface area contributed by atoms with E-state index < -0.39 is 0 Å². The number of carbonyl (C=O) groups excluding carboxylic acids is 1. The number of nitrogens with two attached hydrogens (primary N) is 1. The minimum atomic E-state index is -0.179. The number of aromatic amines is 1. The van der Waals surface area contributed by atoms with Crippen molar-refractivity contribution in [1.82, 2.24) is 20.3 Å². The number of nitrogens with one attached hydrogen (secondary N) is 1. The van der Waals surface area contributed by atoms with Crippen molar-refractivity contribution in [1.29, 1.82) is 0 Å².